The van der Waals surface area contributed by atoms with E-state index in [2.05, 4.69) is 13.8 Å². The quantitative estimate of drug-likeness (QED) is 0.634. The van der Waals surface area contributed by atoms with Crippen LogP contribution in [0.25, 0.3) is 0 Å². The van der Waals surface area contributed by atoms with Crippen LogP contribution in [0.2, 0.25) is 0 Å². The Morgan fingerprint density at radius 2 is 2.00 bits per heavy atom. The lowest BCUT2D eigenvalue weighted by atomic mass is 10.0. The highest BCUT2D eigenvalue weighted by molar-refractivity contribution is 4.64. The summed E-state index contributed by atoms with van der Waals surface area (Å²) >= 11 is 0. The lowest BCUT2D eigenvalue weighted by Crippen LogP contribution is -2.30. The molecule has 0 aliphatic carbocycles. The van der Waals surface area contributed by atoms with Gasteiger partial charge in [-0.25, -0.2) is 0 Å². The van der Waals surface area contributed by atoms with Crippen LogP contribution in [-0.4, -0.2) is 19.3 Å². The summed E-state index contributed by atoms with van der Waals surface area (Å²) in [4.78, 5) is 0. The zero-order valence-electron chi connectivity index (χ0n) is 7.26. The maximum absolute atomic E-state index is 5.51. The second kappa shape index (κ2) is 5.69. The third kappa shape index (κ3) is 3.18. The summed E-state index contributed by atoms with van der Waals surface area (Å²) in [5.74, 6) is 0.588. The van der Waals surface area contributed by atoms with Gasteiger partial charge in [0.15, 0.2) is 0 Å². The van der Waals surface area contributed by atoms with E-state index in [1.54, 1.807) is 0 Å². The van der Waals surface area contributed by atoms with Crippen LogP contribution < -0.4 is 5.73 Å². The Balaban J connectivity index is 3.56. The Labute approximate surface area is 63.7 Å². The molecule has 2 atom stereocenters. The maximum atomic E-state index is 5.51. The van der Waals surface area contributed by atoms with Crippen molar-refractivity contribution in [2.75, 3.05) is 13.2 Å². The molecule has 10 heavy (non-hydrogen) atoms. The minimum Gasteiger partial charge on any atom is -0.377 e. The van der Waals surface area contributed by atoms with Crippen LogP contribution >= 0.6 is 0 Å². The summed E-state index contributed by atoms with van der Waals surface area (Å²) in [6, 6.07) is 0. The SMILES string of the molecule is CCOC(CN)C(C)CC. The monoisotopic (exact) mass is 145 g/mol. The molecular formula is C8H19NO. The van der Waals surface area contributed by atoms with Crippen molar-refractivity contribution in [1.82, 2.24) is 0 Å². The molecule has 2 heteroatoms. The molecule has 0 radical (unpaired) electrons. The molecule has 62 valence electrons. The molecule has 0 bridgehead atoms. The molecule has 0 rings (SSSR count). The first-order chi connectivity index (χ1) is 4.76. The van der Waals surface area contributed by atoms with Crippen molar-refractivity contribution >= 4 is 0 Å². The van der Waals surface area contributed by atoms with E-state index in [1.165, 1.54) is 0 Å². The van der Waals surface area contributed by atoms with E-state index in [4.69, 9.17) is 10.5 Å². The summed E-state index contributed by atoms with van der Waals surface area (Å²) in [5, 5.41) is 0. The molecule has 0 aromatic carbocycles. The minimum atomic E-state index is 0.259. The minimum absolute atomic E-state index is 0.259. The first kappa shape index (κ1) is 9.92. The van der Waals surface area contributed by atoms with Gasteiger partial charge in [0.05, 0.1) is 6.10 Å². The van der Waals surface area contributed by atoms with E-state index in [9.17, 15) is 0 Å². The van der Waals surface area contributed by atoms with Crippen molar-refractivity contribution in [2.24, 2.45) is 11.7 Å². The molecule has 2 unspecified atom stereocenters. The zero-order chi connectivity index (χ0) is 7.98. The van der Waals surface area contributed by atoms with Gasteiger partial charge in [0.1, 0.15) is 0 Å². The smallest absolute Gasteiger partial charge is 0.0722 e. The van der Waals surface area contributed by atoms with Gasteiger partial charge >= 0.3 is 0 Å². The Bertz CT molecular complexity index is 75.7. The first-order valence-corrected chi connectivity index (χ1v) is 4.07. The average Bonchev–Trinajstić information content (AvgIpc) is 1.99. The van der Waals surface area contributed by atoms with E-state index in [1.807, 2.05) is 6.92 Å². The Morgan fingerprint density at radius 3 is 2.30 bits per heavy atom. The molecule has 0 saturated heterocycles. The van der Waals surface area contributed by atoms with E-state index in [0.717, 1.165) is 13.0 Å². The fourth-order valence-corrected chi connectivity index (χ4v) is 0.942. The fraction of sp³-hybridized carbons (Fsp3) is 1.00. The maximum Gasteiger partial charge on any atom is 0.0722 e. The van der Waals surface area contributed by atoms with Crippen molar-refractivity contribution in [3.05, 3.63) is 0 Å². The van der Waals surface area contributed by atoms with Gasteiger partial charge in [-0.1, -0.05) is 20.3 Å². The lowest BCUT2D eigenvalue weighted by molar-refractivity contribution is 0.0305. The number of rotatable bonds is 5. The van der Waals surface area contributed by atoms with Gasteiger partial charge in [0.25, 0.3) is 0 Å². The van der Waals surface area contributed by atoms with Gasteiger partial charge in [-0.2, -0.15) is 0 Å². The van der Waals surface area contributed by atoms with E-state index >= 15 is 0 Å². The number of hydrogen-bond donors (Lipinski definition) is 1. The number of ether oxygens (including phenoxy) is 1. The number of hydrogen-bond acceptors (Lipinski definition) is 2. The third-order valence-electron chi connectivity index (χ3n) is 1.89. The summed E-state index contributed by atoms with van der Waals surface area (Å²) < 4.78 is 5.42. The third-order valence-corrected chi connectivity index (χ3v) is 1.89. The van der Waals surface area contributed by atoms with Gasteiger partial charge < -0.3 is 10.5 Å². The molecule has 2 nitrogen and oxygen atoms in total. The topological polar surface area (TPSA) is 35.2 Å². The summed E-state index contributed by atoms with van der Waals surface area (Å²) in [6.45, 7) is 7.75. The van der Waals surface area contributed by atoms with Gasteiger partial charge in [-0.3, -0.25) is 0 Å². The lowest BCUT2D eigenvalue weighted by Gasteiger charge is -2.20. The summed E-state index contributed by atoms with van der Waals surface area (Å²) in [5.41, 5.74) is 5.51. The summed E-state index contributed by atoms with van der Waals surface area (Å²) in [6.07, 6.45) is 1.40. The molecule has 0 aliphatic heterocycles. The molecule has 0 aromatic rings. The van der Waals surface area contributed by atoms with Crippen molar-refractivity contribution < 1.29 is 4.74 Å². The van der Waals surface area contributed by atoms with E-state index < -0.39 is 0 Å². The zero-order valence-corrected chi connectivity index (χ0v) is 7.26. The fourth-order valence-electron chi connectivity index (χ4n) is 0.942. The normalized spacial score (nSPS) is 16.8. The molecule has 0 spiro atoms. The second-order valence-corrected chi connectivity index (χ2v) is 2.62. The van der Waals surface area contributed by atoms with Crippen LogP contribution in [0.3, 0.4) is 0 Å². The molecule has 0 heterocycles. The van der Waals surface area contributed by atoms with Crippen molar-refractivity contribution in [3.63, 3.8) is 0 Å². The molecule has 2 N–H and O–H groups in total. The van der Waals surface area contributed by atoms with Gasteiger partial charge in [0.2, 0.25) is 0 Å². The van der Waals surface area contributed by atoms with E-state index in [0.29, 0.717) is 12.5 Å². The predicted molar refractivity (Wildman–Crippen MR) is 43.9 cm³/mol. The molecule has 0 fully saturated rings. The number of nitrogens with two attached hydrogens (primary N) is 1. The van der Waals surface area contributed by atoms with Crippen LogP contribution in [0, 0.1) is 5.92 Å². The second-order valence-electron chi connectivity index (χ2n) is 2.62. The molecule has 0 saturated carbocycles. The Kier molecular flexibility index (Phi) is 5.64. The van der Waals surface area contributed by atoms with Gasteiger partial charge in [-0.05, 0) is 12.8 Å². The van der Waals surface area contributed by atoms with Crippen LogP contribution in [0.5, 0.6) is 0 Å². The Hall–Kier alpha value is -0.0800. The summed E-state index contributed by atoms with van der Waals surface area (Å²) in [7, 11) is 0. The highest BCUT2D eigenvalue weighted by Gasteiger charge is 2.12. The van der Waals surface area contributed by atoms with Gasteiger partial charge in [-0.15, -0.1) is 0 Å². The standard InChI is InChI=1S/C8H19NO/c1-4-7(3)8(6-9)10-5-2/h7-8H,4-6,9H2,1-3H3. The highest BCUT2D eigenvalue weighted by atomic mass is 16.5. The van der Waals surface area contributed by atoms with Crippen LogP contribution in [-0.2, 0) is 4.74 Å². The largest absolute Gasteiger partial charge is 0.377 e. The van der Waals surface area contributed by atoms with Crippen LogP contribution in [0.1, 0.15) is 27.2 Å². The van der Waals surface area contributed by atoms with Crippen molar-refractivity contribution in [2.45, 2.75) is 33.3 Å². The highest BCUT2D eigenvalue weighted by Crippen LogP contribution is 2.09. The molecule has 0 aliphatic rings. The molecule has 0 aromatic heterocycles. The average molecular weight is 145 g/mol. The Morgan fingerprint density at radius 1 is 1.40 bits per heavy atom. The van der Waals surface area contributed by atoms with Crippen molar-refractivity contribution in [3.8, 4) is 0 Å². The molecule has 0 amide bonds. The van der Waals surface area contributed by atoms with Crippen molar-refractivity contribution in [1.29, 1.82) is 0 Å². The van der Waals surface area contributed by atoms with Crippen LogP contribution in [0.15, 0.2) is 0 Å². The van der Waals surface area contributed by atoms with Crippen LogP contribution in [0.4, 0.5) is 0 Å². The molecular weight excluding hydrogens is 126 g/mol. The predicted octanol–water partition coefficient (Wildman–Crippen LogP) is 1.40. The first-order valence-electron chi connectivity index (χ1n) is 4.07. The van der Waals surface area contributed by atoms with Gasteiger partial charge in [0, 0.05) is 13.2 Å². The van der Waals surface area contributed by atoms with E-state index in [-0.39, 0.29) is 6.10 Å².